The number of benzene rings is 2. The lowest BCUT2D eigenvalue weighted by atomic mass is 9.99. The Kier molecular flexibility index (Phi) is 6.93. The van der Waals surface area contributed by atoms with E-state index < -0.39 is 0 Å². The van der Waals surface area contributed by atoms with E-state index in [2.05, 4.69) is 39.5 Å². The number of hydrogen-bond acceptors (Lipinski definition) is 4. The predicted octanol–water partition coefficient (Wildman–Crippen LogP) is 3.98. The van der Waals surface area contributed by atoms with Gasteiger partial charge in [0.25, 0.3) is 5.91 Å². The zero-order valence-corrected chi connectivity index (χ0v) is 18.5. The Balaban J connectivity index is 0.00000256. The van der Waals surface area contributed by atoms with E-state index in [1.807, 2.05) is 20.2 Å². The third-order valence-electron chi connectivity index (χ3n) is 5.01. The molecule has 1 aromatic heterocycles. The van der Waals surface area contributed by atoms with Crippen molar-refractivity contribution < 1.29 is 14.6 Å². The smallest absolute Gasteiger partial charge is 0.252 e. The van der Waals surface area contributed by atoms with Crippen LogP contribution in [-0.4, -0.2) is 48.2 Å². The van der Waals surface area contributed by atoms with E-state index in [0.717, 1.165) is 34.3 Å². The quantitative estimate of drug-likeness (QED) is 0.476. The van der Waals surface area contributed by atoms with Crippen molar-refractivity contribution in [3.05, 3.63) is 52.0 Å². The molecular formula is C22H25Cl2N3O3. The highest BCUT2D eigenvalue weighted by Crippen LogP contribution is 2.40. The molecule has 0 radical (unpaired) electrons. The number of amides is 1. The minimum absolute atomic E-state index is 0. The largest absolute Gasteiger partial charge is 0.492 e. The second-order valence-corrected chi connectivity index (χ2v) is 7.92. The number of rotatable bonds is 7. The van der Waals surface area contributed by atoms with Crippen LogP contribution in [0.3, 0.4) is 0 Å². The molecule has 3 aromatic rings. The first-order chi connectivity index (χ1) is 14.0. The van der Waals surface area contributed by atoms with Gasteiger partial charge in [-0.3, -0.25) is 4.79 Å². The lowest BCUT2D eigenvalue weighted by Gasteiger charge is -2.13. The van der Waals surface area contributed by atoms with E-state index in [4.69, 9.17) is 21.4 Å². The Hall–Kier alpha value is -2.25. The Labute approximate surface area is 186 Å². The van der Waals surface area contributed by atoms with Gasteiger partial charge < -0.3 is 25.0 Å². The number of halogens is 2. The van der Waals surface area contributed by atoms with Crippen molar-refractivity contribution in [3.8, 4) is 17.0 Å². The van der Waals surface area contributed by atoms with E-state index in [1.165, 1.54) is 5.56 Å². The molecule has 30 heavy (non-hydrogen) atoms. The van der Waals surface area contributed by atoms with Gasteiger partial charge in [-0.05, 0) is 43.9 Å². The molecule has 0 bridgehead atoms. The average molecular weight is 450 g/mol. The standard InChI is InChI=1S/C22H24ClN3O3.ClH/c1-26(2)12-13-4-5-17-14(8-13)9-18(25-17)15-10-19(29-7-3-6-27)21(23)16-11-24-22(28)20(15)16;/h4-5,8-10,25,27H,3,6-7,11-12H2,1-2H3,(H,24,28);1H. The number of nitrogens with one attached hydrogen (secondary N) is 2. The van der Waals surface area contributed by atoms with Crippen molar-refractivity contribution in [1.29, 1.82) is 0 Å². The van der Waals surface area contributed by atoms with Crippen LogP contribution in [0.2, 0.25) is 5.02 Å². The summed E-state index contributed by atoms with van der Waals surface area (Å²) in [6.45, 7) is 1.64. The van der Waals surface area contributed by atoms with Crippen LogP contribution in [0.1, 0.15) is 27.9 Å². The molecule has 6 nitrogen and oxygen atoms in total. The van der Waals surface area contributed by atoms with E-state index in [0.29, 0.717) is 35.9 Å². The minimum Gasteiger partial charge on any atom is -0.492 e. The van der Waals surface area contributed by atoms with E-state index in [9.17, 15) is 4.79 Å². The van der Waals surface area contributed by atoms with Crippen LogP contribution in [0.15, 0.2) is 30.3 Å². The van der Waals surface area contributed by atoms with E-state index in [-0.39, 0.29) is 24.9 Å². The molecule has 2 heterocycles. The number of nitrogens with zero attached hydrogens (tertiary/aromatic N) is 1. The van der Waals surface area contributed by atoms with Crippen LogP contribution < -0.4 is 10.1 Å². The summed E-state index contributed by atoms with van der Waals surface area (Å²) < 4.78 is 5.79. The summed E-state index contributed by atoms with van der Waals surface area (Å²) in [4.78, 5) is 18.1. The average Bonchev–Trinajstić information content (AvgIpc) is 3.27. The van der Waals surface area contributed by atoms with Gasteiger partial charge in [-0.15, -0.1) is 12.4 Å². The molecule has 4 rings (SSSR count). The SMILES string of the molecule is CN(C)Cc1ccc2[nH]c(-c3cc(OCCCO)c(Cl)c4c3C(=O)NC4)cc2c1.Cl. The van der Waals surface area contributed by atoms with E-state index >= 15 is 0 Å². The molecule has 1 aliphatic heterocycles. The second kappa shape index (κ2) is 9.27. The van der Waals surface area contributed by atoms with Crippen LogP contribution in [-0.2, 0) is 13.1 Å². The highest BCUT2D eigenvalue weighted by Gasteiger charge is 2.29. The van der Waals surface area contributed by atoms with Crippen LogP contribution in [0, 0.1) is 0 Å². The lowest BCUT2D eigenvalue weighted by molar-refractivity contribution is 0.0966. The number of carbonyl (C=O) groups excluding carboxylic acids is 1. The monoisotopic (exact) mass is 449 g/mol. The number of aromatic amines is 1. The van der Waals surface area contributed by atoms with Gasteiger partial charge in [0.2, 0.25) is 0 Å². The first-order valence-corrected chi connectivity index (χ1v) is 9.99. The van der Waals surface area contributed by atoms with Crippen molar-refractivity contribution in [1.82, 2.24) is 15.2 Å². The number of carbonyl (C=O) groups is 1. The molecule has 0 aliphatic carbocycles. The topological polar surface area (TPSA) is 77.6 Å². The highest BCUT2D eigenvalue weighted by molar-refractivity contribution is 6.34. The third kappa shape index (κ3) is 4.27. The predicted molar refractivity (Wildman–Crippen MR) is 122 cm³/mol. The maximum absolute atomic E-state index is 12.5. The number of aromatic nitrogens is 1. The lowest BCUT2D eigenvalue weighted by Crippen LogP contribution is -2.13. The Morgan fingerprint density at radius 1 is 1.23 bits per heavy atom. The molecule has 1 aliphatic rings. The first-order valence-electron chi connectivity index (χ1n) is 9.62. The molecule has 1 amide bonds. The summed E-state index contributed by atoms with van der Waals surface area (Å²) in [6.07, 6.45) is 0.515. The van der Waals surface area contributed by atoms with Gasteiger partial charge >= 0.3 is 0 Å². The van der Waals surface area contributed by atoms with Crippen LogP contribution in [0.4, 0.5) is 0 Å². The third-order valence-corrected chi connectivity index (χ3v) is 5.43. The molecule has 0 unspecified atom stereocenters. The highest BCUT2D eigenvalue weighted by atomic mass is 35.5. The Morgan fingerprint density at radius 2 is 2.03 bits per heavy atom. The maximum Gasteiger partial charge on any atom is 0.252 e. The van der Waals surface area contributed by atoms with Gasteiger partial charge in [0.15, 0.2) is 0 Å². The van der Waals surface area contributed by atoms with Crippen molar-refractivity contribution in [2.45, 2.75) is 19.5 Å². The van der Waals surface area contributed by atoms with Gasteiger partial charge in [0.05, 0.1) is 17.2 Å². The molecule has 8 heteroatoms. The van der Waals surface area contributed by atoms with Crippen molar-refractivity contribution in [2.24, 2.45) is 0 Å². The molecule has 0 spiro atoms. The molecule has 160 valence electrons. The summed E-state index contributed by atoms with van der Waals surface area (Å²) >= 11 is 6.51. The fourth-order valence-corrected chi connectivity index (χ4v) is 4.00. The second-order valence-electron chi connectivity index (χ2n) is 7.54. The number of hydrogen-bond donors (Lipinski definition) is 3. The van der Waals surface area contributed by atoms with Crippen molar-refractivity contribution >= 4 is 40.8 Å². The number of aliphatic hydroxyl groups excluding tert-OH is 1. The van der Waals surface area contributed by atoms with Gasteiger partial charge in [-0.25, -0.2) is 0 Å². The molecule has 3 N–H and O–H groups in total. The Bertz CT molecular complexity index is 1080. The first kappa shape index (κ1) is 22.4. The molecule has 0 fully saturated rings. The summed E-state index contributed by atoms with van der Waals surface area (Å²) in [7, 11) is 4.08. The summed E-state index contributed by atoms with van der Waals surface area (Å²) in [6, 6.07) is 10.2. The van der Waals surface area contributed by atoms with Crippen LogP contribution in [0.5, 0.6) is 5.75 Å². The molecule has 0 saturated carbocycles. The molecule has 0 saturated heterocycles. The fraction of sp³-hybridized carbons (Fsp3) is 0.318. The number of aliphatic hydroxyl groups is 1. The molecule has 0 atom stereocenters. The van der Waals surface area contributed by atoms with Gasteiger partial charge in [-0.2, -0.15) is 0 Å². The normalized spacial score (nSPS) is 12.8. The van der Waals surface area contributed by atoms with Crippen molar-refractivity contribution in [2.75, 3.05) is 27.3 Å². The molecular weight excluding hydrogens is 425 g/mol. The van der Waals surface area contributed by atoms with Crippen LogP contribution >= 0.6 is 24.0 Å². The zero-order valence-electron chi connectivity index (χ0n) is 16.9. The Morgan fingerprint density at radius 3 is 2.77 bits per heavy atom. The number of ether oxygens (including phenoxy) is 1. The van der Waals surface area contributed by atoms with E-state index in [1.54, 1.807) is 0 Å². The fourth-order valence-electron chi connectivity index (χ4n) is 3.72. The number of fused-ring (bicyclic) bond motifs is 2. The molecule has 2 aromatic carbocycles. The van der Waals surface area contributed by atoms with Gasteiger partial charge in [0.1, 0.15) is 5.75 Å². The van der Waals surface area contributed by atoms with Crippen LogP contribution in [0.25, 0.3) is 22.2 Å². The van der Waals surface area contributed by atoms with Gasteiger partial charge in [0, 0.05) is 53.8 Å². The van der Waals surface area contributed by atoms with Crippen molar-refractivity contribution in [3.63, 3.8) is 0 Å². The van der Waals surface area contributed by atoms with Gasteiger partial charge in [-0.1, -0.05) is 17.7 Å². The summed E-state index contributed by atoms with van der Waals surface area (Å²) in [5.74, 6) is 0.392. The zero-order chi connectivity index (χ0) is 20.5. The number of H-pyrrole nitrogens is 1. The summed E-state index contributed by atoms with van der Waals surface area (Å²) in [5.41, 5.74) is 5.18. The maximum atomic E-state index is 12.5. The minimum atomic E-state index is -0.134. The summed E-state index contributed by atoms with van der Waals surface area (Å²) in [5, 5.41) is 13.4.